The maximum absolute atomic E-state index is 12.6. The van der Waals surface area contributed by atoms with Crippen LogP contribution in [0.15, 0.2) is 34.9 Å². The summed E-state index contributed by atoms with van der Waals surface area (Å²) < 4.78 is 45.7. The molecule has 0 radical (unpaired) electrons. The van der Waals surface area contributed by atoms with Gasteiger partial charge in [-0.3, -0.25) is 9.59 Å². The molecule has 0 saturated carbocycles. The van der Waals surface area contributed by atoms with E-state index in [9.17, 15) is 22.8 Å². The van der Waals surface area contributed by atoms with Gasteiger partial charge in [-0.25, -0.2) is 0 Å². The van der Waals surface area contributed by atoms with Crippen molar-refractivity contribution < 1.29 is 37.0 Å². The summed E-state index contributed by atoms with van der Waals surface area (Å²) in [5.74, 6) is -2.03. The third-order valence-corrected chi connectivity index (χ3v) is 3.83. The van der Waals surface area contributed by atoms with Crippen molar-refractivity contribution in [3.8, 4) is 5.75 Å². The number of aryl methyl sites for hydroxylation is 1. The fourth-order valence-corrected chi connectivity index (χ4v) is 2.56. The molecule has 2 N–H and O–H groups in total. The summed E-state index contributed by atoms with van der Waals surface area (Å²) in [6, 6.07) is 5.11. The molecule has 0 aliphatic carbocycles. The lowest BCUT2D eigenvalue weighted by molar-refractivity contribution is -0.274. The molecule has 9 heteroatoms. The summed E-state index contributed by atoms with van der Waals surface area (Å²) in [4.78, 5) is 23.5. The Labute approximate surface area is 152 Å². The van der Waals surface area contributed by atoms with E-state index in [0.29, 0.717) is 11.1 Å². The molecule has 0 aliphatic rings. The molecule has 146 valence electrons. The number of carbonyl (C=O) groups is 2. The molecule has 1 amide bonds. The highest BCUT2D eigenvalue weighted by molar-refractivity contribution is 5.97. The van der Waals surface area contributed by atoms with Gasteiger partial charge in [-0.05, 0) is 38.5 Å². The number of ether oxygens (including phenoxy) is 1. The number of aliphatic carboxylic acids is 1. The Hall–Kier alpha value is -2.97. The molecule has 2 aromatic rings. The summed E-state index contributed by atoms with van der Waals surface area (Å²) in [7, 11) is 0. The normalized spacial score (nSPS) is 11.9. The molecule has 0 saturated heterocycles. The number of benzene rings is 1. The molecular weight excluding hydrogens is 367 g/mol. The van der Waals surface area contributed by atoms with Crippen LogP contribution in [0, 0.1) is 6.92 Å². The number of furan rings is 1. The van der Waals surface area contributed by atoms with Crippen LogP contribution in [0.2, 0.25) is 0 Å². The fraction of sp³-hybridized carbons (Fsp3) is 0.333. The maximum atomic E-state index is 12.6. The third-order valence-electron chi connectivity index (χ3n) is 3.83. The van der Waals surface area contributed by atoms with Gasteiger partial charge in [0.25, 0.3) is 5.91 Å². The van der Waals surface area contributed by atoms with Crippen LogP contribution in [0.4, 0.5) is 13.2 Å². The second-order valence-corrected chi connectivity index (χ2v) is 6.44. The van der Waals surface area contributed by atoms with Crippen LogP contribution in [0.3, 0.4) is 0 Å². The molecule has 0 spiro atoms. The number of hydrogen-bond acceptors (Lipinski definition) is 4. The van der Waals surface area contributed by atoms with Gasteiger partial charge in [0.05, 0.1) is 17.4 Å². The van der Waals surface area contributed by atoms with Crippen molar-refractivity contribution >= 4 is 11.9 Å². The van der Waals surface area contributed by atoms with E-state index in [1.807, 2.05) is 0 Å². The standard InChI is InChI=1S/C18H18F3NO5/c1-10-9-26-13(8-14(23)24)15(10)16(25)22-17(2,3)11-4-6-12(7-5-11)27-18(19,20)21/h4-7,9H,8H2,1-3H3,(H,22,25)(H,23,24). The van der Waals surface area contributed by atoms with Crippen LogP contribution in [-0.4, -0.2) is 23.3 Å². The summed E-state index contributed by atoms with van der Waals surface area (Å²) in [6.07, 6.45) is -3.94. The first-order valence-corrected chi connectivity index (χ1v) is 7.86. The minimum Gasteiger partial charge on any atom is -0.481 e. The molecule has 0 aliphatic heterocycles. The van der Waals surface area contributed by atoms with Crippen LogP contribution in [0.5, 0.6) is 5.75 Å². The summed E-state index contributed by atoms with van der Waals surface area (Å²) in [6.45, 7) is 4.94. The molecule has 0 atom stereocenters. The Kier molecular flexibility index (Phi) is 5.53. The number of halogens is 3. The van der Waals surface area contributed by atoms with Gasteiger partial charge in [0.1, 0.15) is 17.9 Å². The quantitative estimate of drug-likeness (QED) is 0.790. The van der Waals surface area contributed by atoms with E-state index < -0.39 is 30.2 Å². The summed E-state index contributed by atoms with van der Waals surface area (Å²) in [5.41, 5.74) is 0.195. The number of hydrogen-bond donors (Lipinski definition) is 2. The first-order chi connectivity index (χ1) is 12.4. The zero-order valence-corrected chi connectivity index (χ0v) is 14.8. The van der Waals surface area contributed by atoms with Crippen molar-refractivity contribution in [2.45, 2.75) is 39.1 Å². The van der Waals surface area contributed by atoms with Gasteiger partial charge in [0.15, 0.2) is 0 Å². The molecule has 6 nitrogen and oxygen atoms in total. The van der Waals surface area contributed by atoms with E-state index in [1.54, 1.807) is 20.8 Å². The molecular formula is C18H18F3NO5. The van der Waals surface area contributed by atoms with Crippen molar-refractivity contribution in [2.24, 2.45) is 0 Å². The van der Waals surface area contributed by atoms with Crippen LogP contribution < -0.4 is 10.1 Å². The number of rotatable bonds is 6. The summed E-state index contributed by atoms with van der Waals surface area (Å²) >= 11 is 0. The van der Waals surface area contributed by atoms with Gasteiger partial charge in [-0.2, -0.15) is 0 Å². The third kappa shape index (κ3) is 5.25. The topological polar surface area (TPSA) is 88.8 Å². The molecule has 1 aromatic carbocycles. The first kappa shape index (κ1) is 20.3. The van der Waals surface area contributed by atoms with Crippen LogP contribution in [0.25, 0.3) is 0 Å². The number of carbonyl (C=O) groups excluding carboxylic acids is 1. The first-order valence-electron chi connectivity index (χ1n) is 7.86. The fourth-order valence-electron chi connectivity index (χ4n) is 2.56. The number of nitrogens with one attached hydrogen (secondary N) is 1. The lowest BCUT2D eigenvalue weighted by atomic mass is 9.93. The largest absolute Gasteiger partial charge is 0.573 e. The van der Waals surface area contributed by atoms with Gasteiger partial charge < -0.3 is 19.6 Å². The highest BCUT2D eigenvalue weighted by Crippen LogP contribution is 2.27. The lowest BCUT2D eigenvalue weighted by Crippen LogP contribution is -2.41. The predicted molar refractivity (Wildman–Crippen MR) is 88.4 cm³/mol. The average Bonchev–Trinajstić information content (AvgIpc) is 2.85. The lowest BCUT2D eigenvalue weighted by Gasteiger charge is -2.27. The molecule has 0 unspecified atom stereocenters. The number of carboxylic acid groups (broad SMARTS) is 1. The van der Waals surface area contributed by atoms with E-state index in [2.05, 4.69) is 10.1 Å². The predicted octanol–water partition coefficient (Wildman–Crippen LogP) is 3.78. The number of amides is 1. The average molecular weight is 385 g/mol. The van der Waals surface area contributed by atoms with Crippen molar-refractivity contribution in [3.05, 3.63) is 53.0 Å². The Morgan fingerprint density at radius 2 is 1.78 bits per heavy atom. The highest BCUT2D eigenvalue weighted by Gasteiger charge is 2.32. The van der Waals surface area contributed by atoms with E-state index in [1.165, 1.54) is 18.4 Å². The van der Waals surface area contributed by atoms with Gasteiger partial charge in [-0.15, -0.1) is 13.2 Å². The molecule has 0 fully saturated rings. The maximum Gasteiger partial charge on any atom is 0.573 e. The monoisotopic (exact) mass is 385 g/mol. The highest BCUT2D eigenvalue weighted by atomic mass is 19.4. The number of alkyl halides is 3. The van der Waals surface area contributed by atoms with Crippen LogP contribution >= 0.6 is 0 Å². The van der Waals surface area contributed by atoms with Gasteiger partial charge in [0, 0.05) is 5.56 Å². The molecule has 1 aromatic heterocycles. The Morgan fingerprint density at radius 3 is 2.30 bits per heavy atom. The van der Waals surface area contributed by atoms with Gasteiger partial charge >= 0.3 is 12.3 Å². The van der Waals surface area contributed by atoms with Crippen molar-refractivity contribution in [1.82, 2.24) is 5.32 Å². The van der Waals surface area contributed by atoms with E-state index >= 15 is 0 Å². The van der Waals surface area contributed by atoms with Gasteiger partial charge in [-0.1, -0.05) is 12.1 Å². The minimum atomic E-state index is -4.79. The van der Waals surface area contributed by atoms with E-state index in [-0.39, 0.29) is 17.1 Å². The van der Waals surface area contributed by atoms with Crippen LogP contribution in [-0.2, 0) is 16.8 Å². The second kappa shape index (κ2) is 7.34. The van der Waals surface area contributed by atoms with Crippen molar-refractivity contribution in [2.75, 3.05) is 0 Å². The number of carboxylic acids is 1. The zero-order chi connectivity index (χ0) is 20.4. The van der Waals surface area contributed by atoms with E-state index in [4.69, 9.17) is 9.52 Å². The minimum absolute atomic E-state index is 0.0298. The van der Waals surface area contributed by atoms with Crippen molar-refractivity contribution in [3.63, 3.8) is 0 Å². The molecule has 2 rings (SSSR count). The van der Waals surface area contributed by atoms with Crippen LogP contribution in [0.1, 0.15) is 41.1 Å². The van der Waals surface area contributed by atoms with E-state index in [0.717, 1.165) is 12.1 Å². The Balaban J connectivity index is 2.20. The second-order valence-electron chi connectivity index (χ2n) is 6.44. The van der Waals surface area contributed by atoms with Crippen molar-refractivity contribution in [1.29, 1.82) is 0 Å². The summed E-state index contributed by atoms with van der Waals surface area (Å²) in [5, 5.41) is 11.7. The molecule has 0 bridgehead atoms. The molecule has 27 heavy (non-hydrogen) atoms. The smallest absolute Gasteiger partial charge is 0.481 e. The Morgan fingerprint density at radius 1 is 1.19 bits per heavy atom. The molecule has 1 heterocycles. The SMILES string of the molecule is Cc1coc(CC(=O)O)c1C(=O)NC(C)(C)c1ccc(OC(F)(F)F)cc1. The Bertz CT molecular complexity index is 838. The van der Waals surface area contributed by atoms with Gasteiger partial charge in [0.2, 0.25) is 0 Å². The zero-order valence-electron chi connectivity index (χ0n) is 14.8.